The monoisotopic (exact) mass is 334 g/mol. The summed E-state index contributed by atoms with van der Waals surface area (Å²) in [6.07, 6.45) is 7.37. The van der Waals surface area contributed by atoms with Gasteiger partial charge in [-0.15, -0.1) is 10.2 Å². The highest BCUT2D eigenvalue weighted by Crippen LogP contribution is 2.37. The summed E-state index contributed by atoms with van der Waals surface area (Å²) < 4.78 is 15.7. The second-order valence-corrected chi connectivity index (χ2v) is 6.31. The Balaban J connectivity index is 1.84. The van der Waals surface area contributed by atoms with Gasteiger partial charge in [0.2, 0.25) is 0 Å². The maximum atomic E-state index is 14.0. The molecule has 0 saturated heterocycles. The van der Waals surface area contributed by atoms with E-state index in [0.717, 1.165) is 36.0 Å². The molecule has 0 aliphatic carbocycles. The van der Waals surface area contributed by atoms with Crippen LogP contribution in [0.25, 0.3) is 16.7 Å². The summed E-state index contributed by atoms with van der Waals surface area (Å²) in [5.41, 5.74) is 4.31. The predicted octanol–water partition coefficient (Wildman–Crippen LogP) is 3.20. The summed E-state index contributed by atoms with van der Waals surface area (Å²) in [6, 6.07) is 4.71. The van der Waals surface area contributed by atoms with Crippen molar-refractivity contribution in [3.8, 4) is 0 Å². The number of hydrogen-bond donors (Lipinski definition) is 0. The van der Waals surface area contributed by atoms with E-state index in [1.54, 1.807) is 16.8 Å². The van der Waals surface area contributed by atoms with Crippen molar-refractivity contribution < 1.29 is 4.39 Å². The lowest BCUT2D eigenvalue weighted by molar-refractivity contribution is 0.629. The topological polar surface area (TPSA) is 59.2 Å². The Hall–Kier alpha value is -3.09. The van der Waals surface area contributed by atoms with Crippen LogP contribution < -0.4 is 4.90 Å². The molecule has 1 aliphatic heterocycles. The van der Waals surface area contributed by atoms with Crippen LogP contribution in [0.3, 0.4) is 0 Å². The predicted molar refractivity (Wildman–Crippen MR) is 92.5 cm³/mol. The highest BCUT2D eigenvalue weighted by atomic mass is 19.1. The van der Waals surface area contributed by atoms with Gasteiger partial charge in [0.15, 0.2) is 0 Å². The molecular weight excluding hydrogens is 319 g/mol. The number of rotatable bonds is 1. The maximum Gasteiger partial charge on any atom is 0.257 e. The van der Waals surface area contributed by atoms with Crippen LogP contribution in [-0.4, -0.2) is 31.1 Å². The molecule has 4 aromatic rings. The van der Waals surface area contributed by atoms with Gasteiger partial charge in [-0.05, 0) is 49.1 Å². The van der Waals surface area contributed by atoms with E-state index in [1.807, 2.05) is 12.4 Å². The van der Waals surface area contributed by atoms with Crippen LogP contribution in [0.5, 0.6) is 0 Å². The first-order valence-electron chi connectivity index (χ1n) is 8.22. The largest absolute Gasteiger partial charge is 0.324 e. The zero-order valence-corrected chi connectivity index (χ0v) is 13.6. The van der Waals surface area contributed by atoms with E-state index in [4.69, 9.17) is 0 Å². The number of halogens is 1. The number of benzene rings is 1. The van der Waals surface area contributed by atoms with Crippen molar-refractivity contribution in [3.05, 3.63) is 53.9 Å². The molecule has 1 aromatic carbocycles. The van der Waals surface area contributed by atoms with Crippen molar-refractivity contribution in [1.82, 2.24) is 24.6 Å². The Morgan fingerprint density at radius 3 is 3.04 bits per heavy atom. The molecule has 0 amide bonds. The van der Waals surface area contributed by atoms with Gasteiger partial charge in [0.1, 0.15) is 18.0 Å². The maximum absolute atomic E-state index is 14.0. The van der Waals surface area contributed by atoms with Crippen LogP contribution in [0.2, 0.25) is 0 Å². The molecule has 5 rings (SSSR count). The van der Waals surface area contributed by atoms with Crippen LogP contribution in [0.4, 0.5) is 15.9 Å². The second kappa shape index (κ2) is 5.20. The molecule has 25 heavy (non-hydrogen) atoms. The summed E-state index contributed by atoms with van der Waals surface area (Å²) in [5.74, 6) is 0.910. The standard InChI is InChI=1S/C18H15FN6/c1-11-8-20-9-16-13(11)3-2-6-24(16)17-14-7-12(19)4-5-15(14)25-10-21-23-18(25)22-17/h4-5,7-10H,2-3,6H2,1H3. The Kier molecular flexibility index (Phi) is 2.97. The molecule has 0 bridgehead atoms. The lowest BCUT2D eigenvalue weighted by Gasteiger charge is -2.31. The average Bonchev–Trinajstić information content (AvgIpc) is 3.09. The molecule has 6 nitrogen and oxygen atoms in total. The Morgan fingerprint density at radius 2 is 2.12 bits per heavy atom. The summed E-state index contributed by atoms with van der Waals surface area (Å²) in [6.45, 7) is 2.88. The summed E-state index contributed by atoms with van der Waals surface area (Å²) in [5, 5.41) is 8.77. The van der Waals surface area contributed by atoms with Gasteiger partial charge in [0.25, 0.3) is 5.78 Å². The van der Waals surface area contributed by atoms with E-state index in [0.29, 0.717) is 11.6 Å². The number of anilines is 2. The average molecular weight is 334 g/mol. The highest BCUT2D eigenvalue weighted by molar-refractivity contribution is 5.94. The van der Waals surface area contributed by atoms with Crippen molar-refractivity contribution in [2.24, 2.45) is 0 Å². The fourth-order valence-electron chi connectivity index (χ4n) is 3.62. The third-order valence-electron chi connectivity index (χ3n) is 4.80. The van der Waals surface area contributed by atoms with Crippen LogP contribution in [-0.2, 0) is 6.42 Å². The van der Waals surface area contributed by atoms with Crippen molar-refractivity contribution in [1.29, 1.82) is 0 Å². The number of hydrogen-bond acceptors (Lipinski definition) is 5. The molecule has 7 heteroatoms. The first-order valence-corrected chi connectivity index (χ1v) is 8.22. The smallest absolute Gasteiger partial charge is 0.257 e. The van der Waals surface area contributed by atoms with Crippen LogP contribution in [0.1, 0.15) is 17.5 Å². The van der Waals surface area contributed by atoms with Gasteiger partial charge in [-0.2, -0.15) is 4.98 Å². The Morgan fingerprint density at radius 1 is 1.20 bits per heavy atom. The van der Waals surface area contributed by atoms with Gasteiger partial charge in [-0.1, -0.05) is 0 Å². The molecule has 0 spiro atoms. The number of nitrogens with zero attached hydrogens (tertiary/aromatic N) is 6. The SMILES string of the molecule is Cc1cncc2c1CCCN2c1nc2nncn2c2ccc(F)cc12. The van der Waals surface area contributed by atoms with E-state index >= 15 is 0 Å². The van der Waals surface area contributed by atoms with Crippen LogP contribution in [0, 0.1) is 12.7 Å². The van der Waals surface area contributed by atoms with E-state index in [1.165, 1.54) is 23.3 Å². The Labute approximate surface area is 143 Å². The molecular formula is C18H15FN6. The van der Waals surface area contributed by atoms with Crippen molar-refractivity contribution >= 4 is 28.2 Å². The first-order chi connectivity index (χ1) is 12.2. The first kappa shape index (κ1) is 14.3. The van der Waals surface area contributed by atoms with Gasteiger partial charge in [0, 0.05) is 18.1 Å². The lowest BCUT2D eigenvalue weighted by atomic mass is 9.99. The molecule has 0 fully saturated rings. The number of aryl methyl sites for hydroxylation is 1. The fourth-order valence-corrected chi connectivity index (χ4v) is 3.62. The normalized spacial score (nSPS) is 14.2. The van der Waals surface area contributed by atoms with E-state index in [9.17, 15) is 4.39 Å². The molecule has 0 unspecified atom stereocenters. The highest BCUT2D eigenvalue weighted by Gasteiger charge is 2.24. The van der Waals surface area contributed by atoms with Crippen molar-refractivity contribution in [2.75, 3.05) is 11.4 Å². The van der Waals surface area contributed by atoms with E-state index in [2.05, 4.69) is 32.0 Å². The van der Waals surface area contributed by atoms with Gasteiger partial charge >= 0.3 is 0 Å². The summed E-state index contributed by atoms with van der Waals surface area (Å²) >= 11 is 0. The quantitative estimate of drug-likeness (QED) is 0.535. The fraction of sp³-hybridized carbons (Fsp3) is 0.222. The van der Waals surface area contributed by atoms with Gasteiger partial charge in [0.05, 0.1) is 17.4 Å². The van der Waals surface area contributed by atoms with Gasteiger partial charge < -0.3 is 4.90 Å². The third kappa shape index (κ3) is 2.08. The molecule has 0 saturated carbocycles. The number of fused-ring (bicyclic) bond motifs is 4. The summed E-state index contributed by atoms with van der Waals surface area (Å²) in [7, 11) is 0. The zero-order chi connectivity index (χ0) is 17.0. The molecule has 3 aromatic heterocycles. The second-order valence-electron chi connectivity index (χ2n) is 6.31. The molecule has 124 valence electrons. The third-order valence-corrected chi connectivity index (χ3v) is 4.80. The number of pyridine rings is 1. The molecule has 0 radical (unpaired) electrons. The van der Waals surface area contributed by atoms with Gasteiger partial charge in [-0.3, -0.25) is 9.38 Å². The molecule has 0 atom stereocenters. The minimum Gasteiger partial charge on any atom is -0.324 e. The summed E-state index contributed by atoms with van der Waals surface area (Å²) in [4.78, 5) is 11.1. The number of aromatic nitrogens is 5. The minimum atomic E-state index is -0.289. The molecule has 1 aliphatic rings. The zero-order valence-electron chi connectivity index (χ0n) is 13.6. The van der Waals surface area contributed by atoms with Crippen molar-refractivity contribution in [2.45, 2.75) is 19.8 Å². The van der Waals surface area contributed by atoms with Crippen molar-refractivity contribution in [3.63, 3.8) is 0 Å². The van der Waals surface area contributed by atoms with Gasteiger partial charge in [-0.25, -0.2) is 4.39 Å². The van der Waals surface area contributed by atoms with E-state index < -0.39 is 0 Å². The van der Waals surface area contributed by atoms with Crippen LogP contribution >= 0.6 is 0 Å². The van der Waals surface area contributed by atoms with Crippen LogP contribution in [0.15, 0.2) is 36.9 Å². The lowest BCUT2D eigenvalue weighted by Crippen LogP contribution is -2.26. The molecule has 4 heterocycles. The Bertz CT molecular complexity index is 1120. The van der Waals surface area contributed by atoms with E-state index in [-0.39, 0.29) is 5.82 Å². The minimum absolute atomic E-state index is 0.289. The molecule has 0 N–H and O–H groups in total.